The van der Waals surface area contributed by atoms with Crippen LogP contribution in [0.25, 0.3) is 22.4 Å². The Kier molecular flexibility index (Phi) is 7.32. The van der Waals surface area contributed by atoms with Crippen LogP contribution in [0.1, 0.15) is 29.5 Å². The standard InChI is InChI=1S/C31H28N4O3/c1-21-18-25(23-8-6-22(19-32)7-9-23)10-11-26(21)20-38-29-5-3-2-4-27(29)28-12-15-33-31(34-28)35-16-13-24(14-17-35)30(36)37/h2-12,15,18,24H,13-14,16-17,20H2,1H3,(H,36,37). The lowest BCUT2D eigenvalue weighted by Crippen LogP contribution is -2.37. The van der Waals surface area contributed by atoms with E-state index in [0.29, 0.717) is 44.0 Å². The van der Waals surface area contributed by atoms with Crippen LogP contribution in [0.3, 0.4) is 0 Å². The number of ether oxygens (including phenoxy) is 1. The number of nitrogens with zero attached hydrogens (tertiary/aromatic N) is 4. The molecule has 0 bridgehead atoms. The van der Waals surface area contributed by atoms with Gasteiger partial charge in [0.25, 0.3) is 0 Å². The van der Waals surface area contributed by atoms with Crippen LogP contribution in [0.4, 0.5) is 5.95 Å². The molecule has 0 atom stereocenters. The molecule has 7 nitrogen and oxygen atoms in total. The predicted molar refractivity (Wildman–Crippen MR) is 146 cm³/mol. The summed E-state index contributed by atoms with van der Waals surface area (Å²) in [5.41, 5.74) is 6.66. The summed E-state index contributed by atoms with van der Waals surface area (Å²) in [6.07, 6.45) is 2.92. The number of aliphatic carboxylic acids is 1. The average Bonchev–Trinajstić information content (AvgIpc) is 2.97. The quantitative estimate of drug-likeness (QED) is 0.336. The van der Waals surface area contributed by atoms with Gasteiger partial charge in [-0.15, -0.1) is 0 Å². The Morgan fingerprint density at radius 3 is 2.50 bits per heavy atom. The van der Waals surface area contributed by atoms with Gasteiger partial charge in [-0.2, -0.15) is 5.26 Å². The highest BCUT2D eigenvalue weighted by Crippen LogP contribution is 2.31. The molecule has 0 aliphatic carbocycles. The normalized spacial score (nSPS) is 13.6. The molecule has 1 saturated heterocycles. The number of carbonyl (C=O) groups is 1. The molecular formula is C31H28N4O3. The number of benzene rings is 3. The van der Waals surface area contributed by atoms with Crippen LogP contribution in [0.2, 0.25) is 0 Å². The second kappa shape index (κ2) is 11.1. The molecule has 0 radical (unpaired) electrons. The van der Waals surface area contributed by atoms with Crippen LogP contribution in [0.5, 0.6) is 5.75 Å². The van der Waals surface area contributed by atoms with Crippen molar-refractivity contribution in [3.63, 3.8) is 0 Å². The van der Waals surface area contributed by atoms with Crippen molar-refractivity contribution >= 4 is 11.9 Å². The van der Waals surface area contributed by atoms with E-state index < -0.39 is 5.97 Å². The highest BCUT2D eigenvalue weighted by atomic mass is 16.5. The molecule has 190 valence electrons. The lowest BCUT2D eigenvalue weighted by Gasteiger charge is -2.30. The highest BCUT2D eigenvalue weighted by Gasteiger charge is 2.26. The van der Waals surface area contributed by atoms with E-state index in [9.17, 15) is 9.90 Å². The summed E-state index contributed by atoms with van der Waals surface area (Å²) < 4.78 is 6.28. The van der Waals surface area contributed by atoms with E-state index in [0.717, 1.165) is 39.3 Å². The van der Waals surface area contributed by atoms with E-state index in [4.69, 9.17) is 15.0 Å². The van der Waals surface area contributed by atoms with Crippen molar-refractivity contribution < 1.29 is 14.6 Å². The Labute approximate surface area is 222 Å². The molecule has 1 aromatic heterocycles. The van der Waals surface area contributed by atoms with Gasteiger partial charge in [-0.1, -0.05) is 42.5 Å². The molecule has 1 N–H and O–H groups in total. The number of aromatic nitrogens is 2. The van der Waals surface area contributed by atoms with Crippen molar-refractivity contribution in [2.24, 2.45) is 5.92 Å². The Bertz CT molecular complexity index is 1490. The second-order valence-electron chi connectivity index (χ2n) is 9.46. The molecule has 0 spiro atoms. The fourth-order valence-corrected chi connectivity index (χ4v) is 4.71. The molecule has 0 amide bonds. The molecule has 4 aromatic rings. The van der Waals surface area contributed by atoms with E-state index >= 15 is 0 Å². The van der Waals surface area contributed by atoms with Crippen molar-refractivity contribution in [2.75, 3.05) is 18.0 Å². The molecule has 0 unspecified atom stereocenters. The van der Waals surface area contributed by atoms with Crippen LogP contribution >= 0.6 is 0 Å². The maximum Gasteiger partial charge on any atom is 0.306 e. The first kappa shape index (κ1) is 25.0. The number of carboxylic acid groups (broad SMARTS) is 1. The van der Waals surface area contributed by atoms with E-state index in [2.05, 4.69) is 36.2 Å². The maximum atomic E-state index is 11.3. The van der Waals surface area contributed by atoms with Gasteiger partial charge in [-0.05, 0) is 72.4 Å². The average molecular weight is 505 g/mol. The molecule has 1 fully saturated rings. The number of hydrogen-bond donors (Lipinski definition) is 1. The van der Waals surface area contributed by atoms with Crippen molar-refractivity contribution in [1.29, 1.82) is 5.26 Å². The van der Waals surface area contributed by atoms with E-state index in [1.165, 1.54) is 0 Å². The molecule has 7 heteroatoms. The lowest BCUT2D eigenvalue weighted by atomic mass is 9.97. The molecule has 2 heterocycles. The van der Waals surface area contributed by atoms with Gasteiger partial charge in [0.05, 0.1) is 23.2 Å². The first-order valence-electron chi connectivity index (χ1n) is 12.6. The SMILES string of the molecule is Cc1cc(-c2ccc(C#N)cc2)ccc1COc1ccccc1-c1ccnc(N2CCC(C(=O)O)CC2)n1. The van der Waals surface area contributed by atoms with Crippen molar-refractivity contribution in [3.05, 3.63) is 95.7 Å². The summed E-state index contributed by atoms with van der Waals surface area (Å²) in [5.74, 6) is 0.308. The minimum absolute atomic E-state index is 0.301. The summed E-state index contributed by atoms with van der Waals surface area (Å²) in [6.45, 7) is 3.73. The smallest absolute Gasteiger partial charge is 0.306 e. The minimum atomic E-state index is -0.732. The molecular weight excluding hydrogens is 476 g/mol. The monoisotopic (exact) mass is 504 g/mol. The zero-order valence-electron chi connectivity index (χ0n) is 21.2. The molecule has 38 heavy (non-hydrogen) atoms. The molecule has 1 aliphatic heterocycles. The minimum Gasteiger partial charge on any atom is -0.488 e. The zero-order valence-corrected chi connectivity index (χ0v) is 21.2. The Hall–Kier alpha value is -4.70. The first-order chi connectivity index (χ1) is 18.5. The van der Waals surface area contributed by atoms with Crippen LogP contribution in [-0.2, 0) is 11.4 Å². The Morgan fingerprint density at radius 1 is 1.05 bits per heavy atom. The number of carboxylic acids is 1. The van der Waals surface area contributed by atoms with Gasteiger partial charge in [-0.3, -0.25) is 4.79 Å². The highest BCUT2D eigenvalue weighted by molar-refractivity contribution is 5.71. The van der Waals surface area contributed by atoms with Crippen molar-refractivity contribution in [1.82, 2.24) is 9.97 Å². The van der Waals surface area contributed by atoms with Crippen LogP contribution in [-0.4, -0.2) is 34.1 Å². The summed E-state index contributed by atoms with van der Waals surface area (Å²) in [4.78, 5) is 22.6. The number of anilines is 1. The summed E-state index contributed by atoms with van der Waals surface area (Å²) in [6, 6.07) is 25.7. The first-order valence-corrected chi connectivity index (χ1v) is 12.6. The largest absolute Gasteiger partial charge is 0.488 e. The Balaban J connectivity index is 1.31. The molecule has 0 saturated carbocycles. The van der Waals surface area contributed by atoms with E-state index in [1.807, 2.05) is 59.5 Å². The van der Waals surface area contributed by atoms with Gasteiger partial charge in [0.15, 0.2) is 0 Å². The van der Waals surface area contributed by atoms with Crippen LogP contribution in [0.15, 0.2) is 79.0 Å². The van der Waals surface area contributed by atoms with E-state index in [1.54, 1.807) is 6.20 Å². The van der Waals surface area contributed by atoms with Gasteiger partial charge in [0.2, 0.25) is 5.95 Å². The number of para-hydroxylation sites is 1. The van der Waals surface area contributed by atoms with Gasteiger partial charge < -0.3 is 14.7 Å². The third-order valence-electron chi connectivity index (χ3n) is 7.01. The topological polar surface area (TPSA) is 99.3 Å². The third-order valence-corrected chi connectivity index (χ3v) is 7.01. The maximum absolute atomic E-state index is 11.3. The van der Waals surface area contributed by atoms with Crippen molar-refractivity contribution in [2.45, 2.75) is 26.4 Å². The fourth-order valence-electron chi connectivity index (χ4n) is 4.71. The van der Waals surface area contributed by atoms with Gasteiger partial charge in [0, 0.05) is 24.8 Å². The van der Waals surface area contributed by atoms with E-state index in [-0.39, 0.29) is 5.92 Å². The predicted octanol–water partition coefficient (Wildman–Crippen LogP) is 5.87. The van der Waals surface area contributed by atoms with Gasteiger partial charge >= 0.3 is 5.97 Å². The van der Waals surface area contributed by atoms with Crippen molar-refractivity contribution in [3.8, 4) is 34.2 Å². The summed E-state index contributed by atoms with van der Waals surface area (Å²) in [7, 11) is 0. The molecule has 3 aromatic carbocycles. The Morgan fingerprint density at radius 2 is 1.79 bits per heavy atom. The number of nitriles is 1. The fraction of sp³-hybridized carbons (Fsp3) is 0.226. The zero-order chi connectivity index (χ0) is 26.5. The second-order valence-corrected chi connectivity index (χ2v) is 9.46. The van der Waals surface area contributed by atoms with Crippen LogP contribution < -0.4 is 9.64 Å². The number of aryl methyl sites for hydroxylation is 1. The van der Waals surface area contributed by atoms with Crippen LogP contribution in [0, 0.1) is 24.2 Å². The number of piperidine rings is 1. The summed E-state index contributed by atoms with van der Waals surface area (Å²) in [5, 5.41) is 18.3. The molecule has 5 rings (SSSR count). The third kappa shape index (κ3) is 5.50. The number of hydrogen-bond acceptors (Lipinski definition) is 6. The lowest BCUT2D eigenvalue weighted by molar-refractivity contribution is -0.142. The van der Waals surface area contributed by atoms with Gasteiger partial charge in [0.1, 0.15) is 12.4 Å². The summed E-state index contributed by atoms with van der Waals surface area (Å²) >= 11 is 0. The number of rotatable bonds is 7. The molecule has 1 aliphatic rings. The van der Waals surface area contributed by atoms with Gasteiger partial charge in [-0.25, -0.2) is 9.97 Å².